The zero-order chi connectivity index (χ0) is 19.0. The van der Waals surface area contributed by atoms with Gasteiger partial charge in [0, 0.05) is 6.04 Å². The number of rotatable bonds is 5. The van der Waals surface area contributed by atoms with Gasteiger partial charge in [0.05, 0.1) is 9.79 Å². The van der Waals surface area contributed by atoms with Gasteiger partial charge in [0.15, 0.2) is 0 Å². The number of nitrogens with one attached hydrogen (secondary N) is 1. The maximum Gasteiger partial charge on any atom is 0.241 e. The number of sulfonamides is 2. The first-order chi connectivity index (χ1) is 11.4. The standard InChI is InChI=1S/C17H22N2O4S2/c1-11-9-12(2)17(13(3)10-11)25(22,23)19-14(4)15-5-7-16(8-6-15)24(18,20)21/h5-10,14,19H,1-4H3,(H2,18,20,21)/t14-/m0/s1. The molecule has 0 bridgehead atoms. The summed E-state index contributed by atoms with van der Waals surface area (Å²) in [5.74, 6) is 0. The second kappa shape index (κ2) is 6.87. The van der Waals surface area contributed by atoms with Crippen molar-refractivity contribution in [2.45, 2.75) is 43.5 Å². The molecule has 6 nitrogen and oxygen atoms in total. The quantitative estimate of drug-likeness (QED) is 0.827. The summed E-state index contributed by atoms with van der Waals surface area (Å²) in [6.07, 6.45) is 0. The van der Waals surface area contributed by atoms with Crippen LogP contribution in [0.3, 0.4) is 0 Å². The number of hydrogen-bond acceptors (Lipinski definition) is 4. The van der Waals surface area contributed by atoms with Crippen molar-refractivity contribution in [3.63, 3.8) is 0 Å². The summed E-state index contributed by atoms with van der Waals surface area (Å²) < 4.78 is 50.8. The molecule has 0 unspecified atom stereocenters. The summed E-state index contributed by atoms with van der Waals surface area (Å²) in [5.41, 5.74) is 3.00. The fourth-order valence-corrected chi connectivity index (χ4v) is 5.10. The lowest BCUT2D eigenvalue weighted by molar-refractivity contribution is 0.565. The normalized spacial score (nSPS) is 13.6. The van der Waals surface area contributed by atoms with E-state index in [0.717, 1.165) is 5.56 Å². The van der Waals surface area contributed by atoms with Gasteiger partial charge in [-0.15, -0.1) is 0 Å². The van der Waals surface area contributed by atoms with Gasteiger partial charge in [-0.1, -0.05) is 29.8 Å². The molecule has 0 fully saturated rings. The van der Waals surface area contributed by atoms with Gasteiger partial charge in [-0.05, 0) is 56.5 Å². The molecule has 0 spiro atoms. The maximum atomic E-state index is 12.8. The molecule has 0 aliphatic heterocycles. The summed E-state index contributed by atoms with van der Waals surface area (Å²) in [6, 6.07) is 8.93. The van der Waals surface area contributed by atoms with Gasteiger partial charge in [0.1, 0.15) is 0 Å². The molecule has 136 valence electrons. The molecule has 0 heterocycles. The van der Waals surface area contributed by atoms with Crippen LogP contribution in [-0.2, 0) is 20.0 Å². The molecule has 2 aromatic rings. The molecule has 0 aliphatic rings. The van der Waals surface area contributed by atoms with E-state index in [1.807, 2.05) is 19.1 Å². The third-order valence-electron chi connectivity index (χ3n) is 3.91. The van der Waals surface area contributed by atoms with Crippen LogP contribution in [0, 0.1) is 20.8 Å². The van der Waals surface area contributed by atoms with Crippen LogP contribution in [0.4, 0.5) is 0 Å². The zero-order valence-corrected chi connectivity index (χ0v) is 16.2. The van der Waals surface area contributed by atoms with Crippen molar-refractivity contribution >= 4 is 20.0 Å². The second-order valence-corrected chi connectivity index (χ2v) is 9.40. The van der Waals surface area contributed by atoms with Crippen LogP contribution in [0.2, 0.25) is 0 Å². The van der Waals surface area contributed by atoms with E-state index < -0.39 is 26.1 Å². The Labute approximate surface area is 149 Å². The minimum Gasteiger partial charge on any atom is -0.225 e. The molecular formula is C17H22N2O4S2. The highest BCUT2D eigenvalue weighted by atomic mass is 32.2. The van der Waals surface area contributed by atoms with Crippen molar-refractivity contribution in [1.82, 2.24) is 4.72 Å². The van der Waals surface area contributed by atoms with E-state index in [2.05, 4.69) is 4.72 Å². The Balaban J connectivity index is 2.32. The smallest absolute Gasteiger partial charge is 0.225 e. The van der Waals surface area contributed by atoms with Gasteiger partial charge in [-0.2, -0.15) is 0 Å². The lowest BCUT2D eigenvalue weighted by Crippen LogP contribution is -2.28. The van der Waals surface area contributed by atoms with Crippen LogP contribution in [0.25, 0.3) is 0 Å². The molecule has 0 aliphatic carbocycles. The minimum absolute atomic E-state index is 0.0171. The van der Waals surface area contributed by atoms with E-state index >= 15 is 0 Å². The molecule has 3 N–H and O–H groups in total. The molecule has 1 atom stereocenters. The van der Waals surface area contributed by atoms with Crippen LogP contribution >= 0.6 is 0 Å². The predicted molar refractivity (Wildman–Crippen MR) is 97.2 cm³/mol. The van der Waals surface area contributed by atoms with Crippen LogP contribution in [-0.4, -0.2) is 16.8 Å². The number of primary sulfonamides is 1. The molecule has 2 rings (SSSR count). The average molecular weight is 383 g/mol. The van der Waals surface area contributed by atoms with Crippen LogP contribution in [0.5, 0.6) is 0 Å². The number of hydrogen-bond donors (Lipinski definition) is 2. The summed E-state index contributed by atoms with van der Waals surface area (Å²) in [7, 11) is -7.49. The van der Waals surface area contributed by atoms with E-state index in [1.165, 1.54) is 12.1 Å². The van der Waals surface area contributed by atoms with Crippen LogP contribution in [0.15, 0.2) is 46.2 Å². The van der Waals surface area contributed by atoms with Gasteiger partial charge in [0.25, 0.3) is 0 Å². The van der Waals surface area contributed by atoms with Gasteiger partial charge in [0.2, 0.25) is 20.0 Å². The van der Waals surface area contributed by atoms with Crippen molar-refractivity contribution in [3.8, 4) is 0 Å². The Kier molecular flexibility index (Phi) is 5.38. The second-order valence-electron chi connectivity index (χ2n) is 6.18. The van der Waals surface area contributed by atoms with Gasteiger partial charge in [-0.25, -0.2) is 26.7 Å². The van der Waals surface area contributed by atoms with Gasteiger partial charge >= 0.3 is 0 Å². The summed E-state index contributed by atoms with van der Waals surface area (Å²) in [5, 5.41) is 5.07. The third kappa shape index (κ3) is 4.46. The molecule has 0 saturated carbocycles. The third-order valence-corrected chi connectivity index (χ3v) is 6.69. The van der Waals surface area contributed by atoms with E-state index in [9.17, 15) is 16.8 Å². The van der Waals surface area contributed by atoms with Crippen LogP contribution < -0.4 is 9.86 Å². The topological polar surface area (TPSA) is 106 Å². The molecule has 25 heavy (non-hydrogen) atoms. The Morgan fingerprint density at radius 3 is 1.84 bits per heavy atom. The minimum atomic E-state index is -3.78. The molecule has 2 aromatic carbocycles. The van der Waals surface area contributed by atoms with Crippen molar-refractivity contribution in [2.75, 3.05) is 0 Å². The first kappa shape index (κ1) is 19.6. The van der Waals surface area contributed by atoms with Crippen molar-refractivity contribution < 1.29 is 16.8 Å². The summed E-state index contributed by atoms with van der Waals surface area (Å²) in [6.45, 7) is 7.14. The lowest BCUT2D eigenvalue weighted by Gasteiger charge is -2.18. The van der Waals surface area contributed by atoms with Gasteiger partial charge in [-0.3, -0.25) is 0 Å². The molecule has 0 amide bonds. The molecule has 0 radical (unpaired) electrons. The predicted octanol–water partition coefficient (Wildman–Crippen LogP) is 2.30. The molecule has 0 saturated heterocycles. The highest BCUT2D eigenvalue weighted by Gasteiger charge is 2.23. The summed E-state index contributed by atoms with van der Waals surface area (Å²) >= 11 is 0. The fraction of sp³-hybridized carbons (Fsp3) is 0.294. The van der Waals surface area contributed by atoms with E-state index in [1.54, 1.807) is 32.9 Å². The number of nitrogens with two attached hydrogens (primary N) is 1. The molecular weight excluding hydrogens is 360 g/mol. The highest BCUT2D eigenvalue weighted by molar-refractivity contribution is 7.89. The Morgan fingerprint density at radius 2 is 1.40 bits per heavy atom. The monoisotopic (exact) mass is 382 g/mol. The molecule has 0 aromatic heterocycles. The number of benzene rings is 2. The van der Waals surface area contributed by atoms with E-state index in [0.29, 0.717) is 16.7 Å². The first-order valence-corrected chi connectivity index (χ1v) is 10.7. The number of aryl methyl sites for hydroxylation is 3. The maximum absolute atomic E-state index is 12.8. The van der Waals surface area contributed by atoms with Crippen molar-refractivity contribution in [1.29, 1.82) is 0 Å². The van der Waals surface area contributed by atoms with Crippen molar-refractivity contribution in [3.05, 3.63) is 58.7 Å². The lowest BCUT2D eigenvalue weighted by atomic mass is 10.1. The van der Waals surface area contributed by atoms with Gasteiger partial charge < -0.3 is 0 Å². The largest absolute Gasteiger partial charge is 0.241 e. The Morgan fingerprint density at radius 1 is 0.920 bits per heavy atom. The zero-order valence-electron chi connectivity index (χ0n) is 14.6. The summed E-state index contributed by atoms with van der Waals surface area (Å²) in [4.78, 5) is 0.252. The van der Waals surface area contributed by atoms with E-state index in [-0.39, 0.29) is 9.79 Å². The Bertz CT molecular complexity index is 972. The van der Waals surface area contributed by atoms with Crippen LogP contribution in [0.1, 0.15) is 35.2 Å². The molecule has 8 heteroatoms. The first-order valence-electron chi connectivity index (χ1n) is 7.65. The Hall–Kier alpha value is -1.74. The van der Waals surface area contributed by atoms with Crippen molar-refractivity contribution in [2.24, 2.45) is 5.14 Å². The highest BCUT2D eigenvalue weighted by Crippen LogP contribution is 2.24. The van der Waals surface area contributed by atoms with E-state index in [4.69, 9.17) is 5.14 Å². The fourth-order valence-electron chi connectivity index (χ4n) is 2.90. The SMILES string of the molecule is Cc1cc(C)c(S(=O)(=O)N[C@@H](C)c2ccc(S(N)(=O)=O)cc2)c(C)c1. The average Bonchev–Trinajstić information content (AvgIpc) is 2.44.